The van der Waals surface area contributed by atoms with Crippen LogP contribution in [0.4, 0.5) is 0 Å². The zero-order chi connectivity index (χ0) is 19.1. The van der Waals surface area contributed by atoms with E-state index in [0.29, 0.717) is 53.0 Å². The first-order valence-corrected chi connectivity index (χ1v) is 9.32. The molecule has 138 valence electrons. The van der Waals surface area contributed by atoms with Gasteiger partial charge in [0.25, 0.3) is 5.56 Å². The maximum atomic E-state index is 13.2. The fourth-order valence-electron chi connectivity index (χ4n) is 3.68. The molecule has 0 saturated heterocycles. The lowest BCUT2D eigenvalue weighted by Gasteiger charge is -2.19. The molecule has 0 bridgehead atoms. The van der Waals surface area contributed by atoms with Crippen LogP contribution in [-0.4, -0.2) is 19.9 Å². The second-order valence-electron chi connectivity index (χ2n) is 6.67. The number of hydrogen-bond donors (Lipinski definition) is 0. The van der Waals surface area contributed by atoms with Gasteiger partial charge in [0.15, 0.2) is 5.78 Å². The minimum atomic E-state index is -0.403. The molecular formula is C20H18ClN3O3. The van der Waals surface area contributed by atoms with Gasteiger partial charge in [0.05, 0.1) is 11.9 Å². The van der Waals surface area contributed by atoms with E-state index in [9.17, 15) is 14.4 Å². The Kier molecular flexibility index (Phi) is 4.44. The first kappa shape index (κ1) is 17.7. The fourth-order valence-corrected chi connectivity index (χ4v) is 3.81. The predicted octanol–water partition coefficient (Wildman–Crippen LogP) is 2.80. The van der Waals surface area contributed by atoms with Crippen molar-refractivity contribution in [1.82, 2.24) is 14.1 Å². The van der Waals surface area contributed by atoms with E-state index in [0.717, 1.165) is 5.56 Å². The molecule has 0 aliphatic heterocycles. The SMILES string of the molecule is CCn1c(=O)n(Cc2ccc(Cl)cc2)c(=O)c2c3c(cnc21)C(=O)CCC3. The van der Waals surface area contributed by atoms with Crippen LogP contribution in [0.5, 0.6) is 0 Å². The van der Waals surface area contributed by atoms with Crippen LogP contribution in [0.1, 0.15) is 41.3 Å². The summed E-state index contributed by atoms with van der Waals surface area (Å²) in [6, 6.07) is 7.03. The summed E-state index contributed by atoms with van der Waals surface area (Å²) in [5.74, 6) is 0.00329. The van der Waals surface area contributed by atoms with Crippen LogP contribution in [0, 0.1) is 0 Å². The minimum Gasteiger partial charge on any atom is -0.294 e. The highest BCUT2D eigenvalue weighted by Gasteiger charge is 2.24. The van der Waals surface area contributed by atoms with Gasteiger partial charge in [-0.15, -0.1) is 0 Å². The number of benzene rings is 1. The van der Waals surface area contributed by atoms with Crippen molar-refractivity contribution in [1.29, 1.82) is 0 Å². The van der Waals surface area contributed by atoms with Gasteiger partial charge in [-0.1, -0.05) is 23.7 Å². The fraction of sp³-hybridized carbons (Fsp3) is 0.300. The molecule has 27 heavy (non-hydrogen) atoms. The first-order valence-electron chi connectivity index (χ1n) is 8.94. The number of hydrogen-bond acceptors (Lipinski definition) is 4. The predicted molar refractivity (Wildman–Crippen MR) is 104 cm³/mol. The number of rotatable bonds is 3. The van der Waals surface area contributed by atoms with Crippen LogP contribution < -0.4 is 11.2 Å². The Labute approximate surface area is 160 Å². The summed E-state index contributed by atoms with van der Waals surface area (Å²) in [7, 11) is 0. The third-order valence-corrected chi connectivity index (χ3v) is 5.30. The lowest BCUT2D eigenvalue weighted by Crippen LogP contribution is -2.41. The average molecular weight is 384 g/mol. The second-order valence-corrected chi connectivity index (χ2v) is 7.11. The smallest absolute Gasteiger partial charge is 0.294 e. The molecule has 1 aromatic carbocycles. The quantitative estimate of drug-likeness (QED) is 0.697. The first-order chi connectivity index (χ1) is 13.0. The van der Waals surface area contributed by atoms with Crippen molar-refractivity contribution < 1.29 is 4.79 Å². The lowest BCUT2D eigenvalue weighted by atomic mass is 9.90. The number of aromatic nitrogens is 3. The Balaban J connectivity index is 2.02. The molecule has 7 heteroatoms. The van der Waals surface area contributed by atoms with Gasteiger partial charge in [-0.05, 0) is 43.0 Å². The van der Waals surface area contributed by atoms with Crippen LogP contribution in [0.3, 0.4) is 0 Å². The maximum Gasteiger partial charge on any atom is 0.332 e. The molecule has 1 aliphatic carbocycles. The number of pyridine rings is 1. The normalized spacial score (nSPS) is 13.8. The number of carbonyl (C=O) groups is 1. The molecule has 0 radical (unpaired) electrons. The van der Waals surface area contributed by atoms with E-state index in [1.54, 1.807) is 24.3 Å². The summed E-state index contributed by atoms with van der Waals surface area (Å²) in [6.07, 6.45) is 3.31. The Morgan fingerprint density at radius 3 is 2.52 bits per heavy atom. The third-order valence-electron chi connectivity index (χ3n) is 5.04. The average Bonchev–Trinajstić information content (AvgIpc) is 2.67. The maximum absolute atomic E-state index is 13.2. The van der Waals surface area contributed by atoms with Crippen LogP contribution in [-0.2, 0) is 19.5 Å². The van der Waals surface area contributed by atoms with Gasteiger partial charge in [0, 0.05) is 29.7 Å². The molecular weight excluding hydrogens is 366 g/mol. The van der Waals surface area contributed by atoms with Gasteiger partial charge in [-0.2, -0.15) is 0 Å². The molecule has 1 aliphatic rings. The van der Waals surface area contributed by atoms with E-state index in [1.165, 1.54) is 15.3 Å². The van der Waals surface area contributed by atoms with Crippen molar-refractivity contribution >= 4 is 28.4 Å². The van der Waals surface area contributed by atoms with E-state index < -0.39 is 11.2 Å². The van der Waals surface area contributed by atoms with Crippen LogP contribution in [0.25, 0.3) is 11.0 Å². The highest BCUT2D eigenvalue weighted by molar-refractivity contribution is 6.30. The van der Waals surface area contributed by atoms with Crippen LogP contribution >= 0.6 is 11.6 Å². The zero-order valence-corrected chi connectivity index (χ0v) is 15.6. The van der Waals surface area contributed by atoms with Gasteiger partial charge < -0.3 is 0 Å². The van der Waals surface area contributed by atoms with E-state index in [-0.39, 0.29) is 12.3 Å². The number of nitrogens with zero attached hydrogens (tertiary/aromatic N) is 3. The highest BCUT2D eigenvalue weighted by Crippen LogP contribution is 2.25. The molecule has 6 nitrogen and oxygen atoms in total. The molecule has 4 rings (SSSR count). The summed E-state index contributed by atoms with van der Waals surface area (Å²) in [5, 5.41) is 0.975. The number of halogens is 1. The standard InChI is InChI=1S/C20H18ClN3O3/c1-2-23-18-17(14-4-3-5-16(25)15(14)10-22-18)19(26)24(20(23)27)11-12-6-8-13(21)9-7-12/h6-10H,2-5,11H2,1H3. The molecule has 0 saturated carbocycles. The molecule has 0 spiro atoms. The molecule has 0 fully saturated rings. The third kappa shape index (κ3) is 2.90. The van der Waals surface area contributed by atoms with Gasteiger partial charge in [0.2, 0.25) is 0 Å². The summed E-state index contributed by atoms with van der Waals surface area (Å²) >= 11 is 5.92. The van der Waals surface area contributed by atoms with Gasteiger partial charge in [-0.3, -0.25) is 18.7 Å². The van der Waals surface area contributed by atoms with Crippen molar-refractivity contribution in [2.24, 2.45) is 0 Å². The van der Waals surface area contributed by atoms with Crippen LogP contribution in [0.15, 0.2) is 40.1 Å². The molecule has 3 aromatic rings. The minimum absolute atomic E-state index is 0.00329. The number of fused-ring (bicyclic) bond motifs is 3. The van der Waals surface area contributed by atoms with Crippen molar-refractivity contribution in [2.75, 3.05) is 0 Å². The Morgan fingerprint density at radius 1 is 1.07 bits per heavy atom. The zero-order valence-electron chi connectivity index (χ0n) is 14.9. The van der Waals surface area contributed by atoms with Crippen molar-refractivity contribution in [2.45, 2.75) is 39.3 Å². The monoisotopic (exact) mass is 383 g/mol. The number of carbonyl (C=O) groups excluding carboxylic acids is 1. The topological polar surface area (TPSA) is 74.0 Å². The number of Topliss-reactive ketones (excluding diaryl/α,β-unsaturated/α-hetero) is 1. The van der Waals surface area contributed by atoms with E-state index in [1.807, 2.05) is 6.92 Å². The van der Waals surface area contributed by atoms with Gasteiger partial charge >= 0.3 is 5.69 Å². The molecule has 0 N–H and O–H groups in total. The van der Waals surface area contributed by atoms with Gasteiger partial charge in [0.1, 0.15) is 5.65 Å². The Bertz CT molecular complexity index is 1180. The van der Waals surface area contributed by atoms with Crippen LogP contribution in [0.2, 0.25) is 5.02 Å². The van der Waals surface area contributed by atoms with E-state index in [4.69, 9.17) is 11.6 Å². The van der Waals surface area contributed by atoms with Gasteiger partial charge in [-0.25, -0.2) is 9.78 Å². The summed E-state index contributed by atoms with van der Waals surface area (Å²) in [4.78, 5) is 42.7. The number of aryl methyl sites for hydroxylation is 2. The molecule has 0 atom stereocenters. The van der Waals surface area contributed by atoms with Crippen molar-refractivity contribution in [3.05, 3.63) is 73.0 Å². The number of ketones is 1. The van der Waals surface area contributed by atoms with Crippen molar-refractivity contribution in [3.8, 4) is 0 Å². The Hall–Kier alpha value is -2.73. The van der Waals surface area contributed by atoms with E-state index >= 15 is 0 Å². The molecule has 2 heterocycles. The summed E-state index contributed by atoms with van der Waals surface area (Å²) in [6.45, 7) is 2.36. The Morgan fingerprint density at radius 2 is 1.81 bits per heavy atom. The summed E-state index contributed by atoms with van der Waals surface area (Å²) in [5.41, 5.74) is 1.58. The largest absolute Gasteiger partial charge is 0.332 e. The summed E-state index contributed by atoms with van der Waals surface area (Å²) < 4.78 is 2.71. The molecule has 2 aromatic heterocycles. The van der Waals surface area contributed by atoms with Crippen molar-refractivity contribution in [3.63, 3.8) is 0 Å². The molecule has 0 amide bonds. The van der Waals surface area contributed by atoms with E-state index in [2.05, 4.69) is 4.98 Å². The highest BCUT2D eigenvalue weighted by atomic mass is 35.5. The second kappa shape index (κ2) is 6.78. The molecule has 0 unspecified atom stereocenters. The lowest BCUT2D eigenvalue weighted by molar-refractivity contribution is 0.0972.